The Morgan fingerprint density at radius 1 is 1.11 bits per heavy atom. The Labute approximate surface area is 168 Å². The first kappa shape index (κ1) is 19.0. The van der Waals surface area contributed by atoms with Crippen LogP contribution in [0.15, 0.2) is 35.7 Å². The van der Waals surface area contributed by atoms with Crippen LogP contribution in [-0.4, -0.2) is 58.8 Å². The average molecular weight is 400 g/mol. The third-order valence-electron chi connectivity index (χ3n) is 5.32. The average Bonchev–Trinajstić information content (AvgIpc) is 3.37. The summed E-state index contributed by atoms with van der Waals surface area (Å²) in [5.74, 6) is 0.194. The molecular weight excluding hydrogens is 374 g/mol. The number of hydrazine groups is 1. The van der Waals surface area contributed by atoms with Crippen LogP contribution in [0.1, 0.15) is 28.7 Å². The van der Waals surface area contributed by atoms with Gasteiger partial charge in [0, 0.05) is 43.3 Å². The lowest BCUT2D eigenvalue weighted by Crippen LogP contribution is -2.54. The van der Waals surface area contributed by atoms with Crippen molar-refractivity contribution in [1.82, 2.24) is 25.6 Å². The van der Waals surface area contributed by atoms with Crippen LogP contribution in [0, 0.1) is 6.92 Å². The zero-order chi connectivity index (χ0) is 19.5. The van der Waals surface area contributed by atoms with Gasteiger partial charge in [-0.15, -0.1) is 11.3 Å². The Kier molecular flexibility index (Phi) is 5.70. The molecule has 148 valence electrons. The zero-order valence-electron chi connectivity index (χ0n) is 15.9. The number of aromatic nitrogens is 1. The fraction of sp³-hybridized carbons (Fsp3) is 0.450. The minimum Gasteiger partial charge on any atom is -0.339 e. The summed E-state index contributed by atoms with van der Waals surface area (Å²) >= 11 is 1.52. The Morgan fingerprint density at radius 3 is 2.50 bits per heavy atom. The van der Waals surface area contributed by atoms with E-state index in [1.54, 1.807) is 0 Å². The number of amides is 2. The normalized spacial score (nSPS) is 22.5. The van der Waals surface area contributed by atoms with Gasteiger partial charge in [0.1, 0.15) is 11.0 Å². The second kappa shape index (κ2) is 8.38. The van der Waals surface area contributed by atoms with Gasteiger partial charge < -0.3 is 9.80 Å². The highest BCUT2D eigenvalue weighted by Crippen LogP contribution is 2.23. The molecule has 0 aliphatic carbocycles. The lowest BCUT2D eigenvalue weighted by Gasteiger charge is -2.35. The highest BCUT2D eigenvalue weighted by atomic mass is 32.1. The zero-order valence-corrected chi connectivity index (χ0v) is 16.7. The number of nitrogens with one attached hydrogen (secondary N) is 2. The van der Waals surface area contributed by atoms with Crippen LogP contribution in [0.4, 0.5) is 0 Å². The molecule has 28 heavy (non-hydrogen) atoms. The standard InChI is InChI=1S/C20H25N5O2S/c1-14-13-28-18(21-14)12-19(26)24-7-9-25(10-8-24)20(27)17-11-16(22-23-17)15-5-3-2-4-6-15/h2-6,13,16-17,22-23H,7-12H2,1H3. The van der Waals surface area contributed by atoms with Gasteiger partial charge in [-0.05, 0) is 18.9 Å². The summed E-state index contributed by atoms with van der Waals surface area (Å²) in [5.41, 5.74) is 8.51. The van der Waals surface area contributed by atoms with Gasteiger partial charge in [-0.2, -0.15) is 0 Å². The predicted octanol–water partition coefficient (Wildman–Crippen LogP) is 1.27. The van der Waals surface area contributed by atoms with Crippen molar-refractivity contribution in [3.63, 3.8) is 0 Å². The van der Waals surface area contributed by atoms with E-state index in [0.717, 1.165) is 17.1 Å². The first-order valence-corrected chi connectivity index (χ1v) is 10.5. The summed E-state index contributed by atoms with van der Waals surface area (Å²) in [6.07, 6.45) is 1.07. The Hall–Kier alpha value is -2.29. The third kappa shape index (κ3) is 4.24. The second-order valence-electron chi connectivity index (χ2n) is 7.31. The summed E-state index contributed by atoms with van der Waals surface area (Å²) in [6.45, 7) is 4.25. The monoisotopic (exact) mass is 399 g/mol. The SMILES string of the molecule is Cc1csc(CC(=O)N2CCN(C(=O)C3CC(c4ccccc4)NN3)CC2)n1. The van der Waals surface area contributed by atoms with Crippen molar-refractivity contribution in [2.24, 2.45) is 0 Å². The van der Waals surface area contributed by atoms with Crippen LogP contribution in [0.2, 0.25) is 0 Å². The Balaban J connectivity index is 1.27. The minimum atomic E-state index is -0.231. The first-order valence-electron chi connectivity index (χ1n) is 9.64. The van der Waals surface area contributed by atoms with Gasteiger partial charge >= 0.3 is 0 Å². The number of carbonyl (C=O) groups excluding carboxylic acids is 2. The smallest absolute Gasteiger partial charge is 0.241 e. The molecule has 2 saturated heterocycles. The van der Waals surface area contributed by atoms with Crippen molar-refractivity contribution in [2.45, 2.75) is 31.8 Å². The number of nitrogens with zero attached hydrogens (tertiary/aromatic N) is 3. The van der Waals surface area contributed by atoms with Gasteiger partial charge in [0.05, 0.1) is 6.42 Å². The molecule has 3 heterocycles. The number of aryl methyl sites for hydroxylation is 1. The molecule has 0 spiro atoms. The topological polar surface area (TPSA) is 77.6 Å². The van der Waals surface area contributed by atoms with E-state index in [2.05, 4.69) is 28.0 Å². The maximum Gasteiger partial charge on any atom is 0.241 e. The van der Waals surface area contributed by atoms with E-state index in [1.807, 2.05) is 40.3 Å². The molecule has 2 aromatic rings. The van der Waals surface area contributed by atoms with Crippen LogP contribution in [0.5, 0.6) is 0 Å². The maximum atomic E-state index is 12.9. The molecule has 2 atom stereocenters. The van der Waals surface area contributed by atoms with E-state index in [4.69, 9.17) is 0 Å². The van der Waals surface area contributed by atoms with Gasteiger partial charge in [0.2, 0.25) is 11.8 Å². The first-order chi connectivity index (χ1) is 13.6. The van der Waals surface area contributed by atoms with Crippen molar-refractivity contribution in [3.8, 4) is 0 Å². The van der Waals surface area contributed by atoms with E-state index in [-0.39, 0.29) is 23.9 Å². The molecular formula is C20H25N5O2S. The van der Waals surface area contributed by atoms with Gasteiger partial charge in [-0.1, -0.05) is 30.3 Å². The quantitative estimate of drug-likeness (QED) is 0.810. The lowest BCUT2D eigenvalue weighted by molar-refractivity contribution is -0.140. The molecule has 2 unspecified atom stereocenters. The number of piperazine rings is 1. The van der Waals surface area contributed by atoms with E-state index in [0.29, 0.717) is 32.6 Å². The molecule has 2 aliphatic rings. The van der Waals surface area contributed by atoms with Crippen LogP contribution in [-0.2, 0) is 16.0 Å². The Bertz CT molecular complexity index is 832. The van der Waals surface area contributed by atoms with Gasteiger partial charge in [0.15, 0.2) is 0 Å². The summed E-state index contributed by atoms with van der Waals surface area (Å²) in [6, 6.07) is 10.1. The number of rotatable bonds is 4. The highest BCUT2D eigenvalue weighted by molar-refractivity contribution is 7.09. The van der Waals surface area contributed by atoms with E-state index < -0.39 is 0 Å². The minimum absolute atomic E-state index is 0.0891. The molecule has 2 amide bonds. The van der Waals surface area contributed by atoms with Crippen LogP contribution in [0.3, 0.4) is 0 Å². The fourth-order valence-electron chi connectivity index (χ4n) is 3.74. The number of carbonyl (C=O) groups is 2. The van der Waals surface area contributed by atoms with E-state index in [9.17, 15) is 9.59 Å². The number of thiazole rings is 1. The largest absolute Gasteiger partial charge is 0.339 e. The van der Waals surface area contributed by atoms with Gasteiger partial charge in [-0.3, -0.25) is 9.59 Å². The van der Waals surface area contributed by atoms with Gasteiger partial charge in [-0.25, -0.2) is 15.8 Å². The van der Waals surface area contributed by atoms with Crippen molar-refractivity contribution >= 4 is 23.2 Å². The number of benzene rings is 1. The number of hydrogen-bond donors (Lipinski definition) is 2. The Morgan fingerprint density at radius 2 is 1.82 bits per heavy atom. The lowest BCUT2D eigenvalue weighted by atomic mass is 10.0. The highest BCUT2D eigenvalue weighted by Gasteiger charge is 2.34. The summed E-state index contributed by atoms with van der Waals surface area (Å²) in [5, 5.41) is 2.82. The van der Waals surface area contributed by atoms with Crippen molar-refractivity contribution in [2.75, 3.05) is 26.2 Å². The molecule has 0 bridgehead atoms. The fourth-order valence-corrected chi connectivity index (χ4v) is 4.51. The third-order valence-corrected chi connectivity index (χ3v) is 6.28. The summed E-state index contributed by atoms with van der Waals surface area (Å²) in [4.78, 5) is 33.4. The molecule has 0 saturated carbocycles. The maximum absolute atomic E-state index is 12.9. The molecule has 2 fully saturated rings. The van der Waals surface area contributed by atoms with Gasteiger partial charge in [0.25, 0.3) is 0 Å². The molecule has 1 aromatic heterocycles. The van der Waals surface area contributed by atoms with Crippen molar-refractivity contribution in [3.05, 3.63) is 52.0 Å². The van der Waals surface area contributed by atoms with Crippen molar-refractivity contribution < 1.29 is 9.59 Å². The van der Waals surface area contributed by atoms with E-state index >= 15 is 0 Å². The molecule has 4 rings (SSSR count). The summed E-state index contributed by atoms with van der Waals surface area (Å²) in [7, 11) is 0. The van der Waals surface area contributed by atoms with Crippen LogP contribution in [0.25, 0.3) is 0 Å². The van der Waals surface area contributed by atoms with Crippen LogP contribution >= 0.6 is 11.3 Å². The molecule has 7 nitrogen and oxygen atoms in total. The molecule has 0 radical (unpaired) electrons. The molecule has 1 aromatic carbocycles. The second-order valence-corrected chi connectivity index (χ2v) is 8.25. The van der Waals surface area contributed by atoms with E-state index in [1.165, 1.54) is 16.9 Å². The summed E-state index contributed by atoms with van der Waals surface area (Å²) < 4.78 is 0. The molecule has 2 aliphatic heterocycles. The van der Waals surface area contributed by atoms with Crippen LogP contribution < -0.4 is 10.9 Å². The molecule has 8 heteroatoms. The van der Waals surface area contributed by atoms with Crippen molar-refractivity contribution in [1.29, 1.82) is 0 Å². The number of hydrogen-bond acceptors (Lipinski definition) is 6. The molecule has 2 N–H and O–H groups in total. The predicted molar refractivity (Wildman–Crippen MR) is 108 cm³/mol.